The van der Waals surface area contributed by atoms with Crippen molar-refractivity contribution in [2.24, 2.45) is 0 Å². The maximum Gasteiger partial charge on any atom is 0.180 e. The van der Waals surface area contributed by atoms with Gasteiger partial charge in [0.05, 0.1) is 15.9 Å². The van der Waals surface area contributed by atoms with Crippen molar-refractivity contribution in [3.05, 3.63) is 84.2 Å². The molecule has 132 valence electrons. The van der Waals surface area contributed by atoms with Gasteiger partial charge in [-0.3, -0.25) is 4.98 Å². The van der Waals surface area contributed by atoms with E-state index in [0.29, 0.717) is 11.5 Å². The first-order chi connectivity index (χ1) is 12.6. The predicted molar refractivity (Wildman–Crippen MR) is 102 cm³/mol. The summed E-state index contributed by atoms with van der Waals surface area (Å²) < 4.78 is 30.3. The number of aromatic nitrogens is 1. The quantitative estimate of drug-likeness (QED) is 0.658. The highest BCUT2D eigenvalue weighted by Crippen LogP contribution is 2.44. The van der Waals surface area contributed by atoms with E-state index >= 15 is 0 Å². The lowest BCUT2D eigenvalue weighted by Gasteiger charge is -2.11. The summed E-state index contributed by atoms with van der Waals surface area (Å²) in [6.07, 6.45) is 3.51. The third kappa shape index (κ3) is 3.61. The summed E-state index contributed by atoms with van der Waals surface area (Å²) in [5, 5.41) is -0.0710. The van der Waals surface area contributed by atoms with Crippen LogP contribution in [0.1, 0.15) is 16.4 Å². The molecule has 0 spiro atoms. The summed E-state index contributed by atoms with van der Waals surface area (Å²) in [4.78, 5) is 5.56. The van der Waals surface area contributed by atoms with Crippen LogP contribution in [0.15, 0.2) is 82.8 Å². The molecular weight excluding hydrogens is 366 g/mol. The van der Waals surface area contributed by atoms with Crippen LogP contribution < -0.4 is 4.74 Å². The van der Waals surface area contributed by atoms with Crippen molar-refractivity contribution in [1.82, 2.24) is 4.98 Å². The van der Waals surface area contributed by atoms with Crippen LogP contribution in [0.2, 0.25) is 0 Å². The van der Waals surface area contributed by atoms with Crippen LogP contribution in [0.5, 0.6) is 5.75 Å². The summed E-state index contributed by atoms with van der Waals surface area (Å²) in [6, 6.07) is 18.9. The van der Waals surface area contributed by atoms with Crippen molar-refractivity contribution in [1.29, 1.82) is 0 Å². The molecule has 1 atom stereocenters. The predicted octanol–water partition coefficient (Wildman–Crippen LogP) is 4.28. The van der Waals surface area contributed by atoms with E-state index in [0.717, 1.165) is 21.8 Å². The van der Waals surface area contributed by atoms with Gasteiger partial charge >= 0.3 is 0 Å². The van der Waals surface area contributed by atoms with E-state index in [2.05, 4.69) is 4.98 Å². The van der Waals surface area contributed by atoms with Gasteiger partial charge in [-0.05, 0) is 42.0 Å². The first-order valence-corrected chi connectivity index (χ1v) is 10.8. The van der Waals surface area contributed by atoms with Crippen LogP contribution in [-0.2, 0) is 16.4 Å². The normalized spacial score (nSPS) is 17.6. The van der Waals surface area contributed by atoms with Crippen LogP contribution in [0, 0.1) is 0 Å². The van der Waals surface area contributed by atoms with Gasteiger partial charge in [0, 0.05) is 22.9 Å². The highest BCUT2D eigenvalue weighted by molar-refractivity contribution is 8.01. The van der Waals surface area contributed by atoms with Crippen LogP contribution in [0.3, 0.4) is 0 Å². The number of pyridine rings is 1. The van der Waals surface area contributed by atoms with Gasteiger partial charge in [0.15, 0.2) is 9.84 Å². The Hall–Kier alpha value is -2.31. The lowest BCUT2D eigenvalue weighted by atomic mass is 10.2. The molecule has 1 aliphatic heterocycles. The molecule has 3 aromatic rings. The molecule has 2 aromatic carbocycles. The number of rotatable bonds is 5. The Morgan fingerprint density at radius 1 is 1.04 bits per heavy atom. The van der Waals surface area contributed by atoms with Crippen molar-refractivity contribution in [3.63, 3.8) is 0 Å². The summed E-state index contributed by atoms with van der Waals surface area (Å²) >= 11 is 1.57. The molecule has 0 bridgehead atoms. The first-order valence-electron chi connectivity index (χ1n) is 8.22. The number of hydrogen-bond acceptors (Lipinski definition) is 5. The molecule has 4 rings (SSSR count). The molecule has 1 unspecified atom stereocenters. The van der Waals surface area contributed by atoms with Gasteiger partial charge in [0.25, 0.3) is 0 Å². The number of fused-ring (bicyclic) bond motifs is 1. The molecular formula is C20H17NO3S2. The average Bonchev–Trinajstić information content (AvgIpc) is 2.93. The van der Waals surface area contributed by atoms with Crippen molar-refractivity contribution < 1.29 is 13.2 Å². The molecule has 0 N–H and O–H groups in total. The molecule has 1 aliphatic rings. The lowest BCUT2D eigenvalue weighted by molar-refractivity contribution is 0.305. The smallest absolute Gasteiger partial charge is 0.180 e. The monoisotopic (exact) mass is 383 g/mol. The van der Waals surface area contributed by atoms with E-state index in [4.69, 9.17) is 4.74 Å². The minimum atomic E-state index is -3.17. The lowest BCUT2D eigenvalue weighted by Crippen LogP contribution is -2.01. The molecule has 0 radical (unpaired) electrons. The maximum absolute atomic E-state index is 12.3. The number of nitrogens with zero attached hydrogens (tertiary/aromatic N) is 1. The van der Waals surface area contributed by atoms with Crippen molar-refractivity contribution in [3.8, 4) is 5.75 Å². The fraction of sp³-hybridized carbons (Fsp3) is 0.150. The molecule has 4 nitrogen and oxygen atoms in total. The summed E-state index contributed by atoms with van der Waals surface area (Å²) in [5.74, 6) is 0.925. The van der Waals surface area contributed by atoms with Crippen molar-refractivity contribution in [2.45, 2.75) is 21.6 Å². The minimum absolute atomic E-state index is 0.0710. The summed E-state index contributed by atoms with van der Waals surface area (Å²) in [5.41, 5.74) is 1.91. The Labute approximate surface area is 157 Å². The highest BCUT2D eigenvalue weighted by Gasteiger charge is 2.34. The zero-order valence-corrected chi connectivity index (χ0v) is 15.5. The van der Waals surface area contributed by atoms with Gasteiger partial charge in [0.1, 0.15) is 12.4 Å². The largest absolute Gasteiger partial charge is 0.489 e. The van der Waals surface area contributed by atoms with Crippen LogP contribution in [-0.4, -0.2) is 19.2 Å². The first kappa shape index (κ1) is 17.1. The Bertz CT molecular complexity index is 1000. The van der Waals surface area contributed by atoms with Gasteiger partial charge in [-0.15, -0.1) is 11.8 Å². The number of hydrogen-bond donors (Lipinski definition) is 0. The van der Waals surface area contributed by atoms with E-state index in [1.807, 2.05) is 48.5 Å². The minimum Gasteiger partial charge on any atom is -0.489 e. The van der Waals surface area contributed by atoms with Crippen LogP contribution in [0.25, 0.3) is 0 Å². The van der Waals surface area contributed by atoms with Gasteiger partial charge in [-0.2, -0.15) is 0 Å². The Balaban J connectivity index is 1.44. The molecule has 6 heteroatoms. The van der Waals surface area contributed by atoms with Gasteiger partial charge in [-0.25, -0.2) is 8.42 Å². The maximum atomic E-state index is 12.3. The zero-order chi connectivity index (χ0) is 18.0. The van der Waals surface area contributed by atoms with Gasteiger partial charge < -0.3 is 4.74 Å². The standard InChI is InChI=1S/C20H17NO3S2/c22-26(23)14-19(18-5-1-2-6-20(18)26)25-17-9-7-16(8-10-17)24-13-15-4-3-11-21-12-15/h1-12,19H,13-14H2. The Morgan fingerprint density at radius 2 is 1.85 bits per heavy atom. The molecule has 0 saturated heterocycles. The third-order valence-electron chi connectivity index (χ3n) is 4.20. The number of ether oxygens (including phenoxy) is 1. The molecule has 1 aromatic heterocycles. The average molecular weight is 383 g/mol. The molecule has 26 heavy (non-hydrogen) atoms. The van der Waals surface area contributed by atoms with E-state index in [-0.39, 0.29) is 11.0 Å². The van der Waals surface area contributed by atoms with Gasteiger partial charge in [0.2, 0.25) is 0 Å². The molecule has 2 heterocycles. The Morgan fingerprint density at radius 3 is 2.62 bits per heavy atom. The van der Waals surface area contributed by atoms with E-state index in [1.165, 1.54) is 0 Å². The number of thioether (sulfide) groups is 1. The Kier molecular flexibility index (Phi) is 4.70. The number of sulfone groups is 1. The second kappa shape index (κ2) is 7.13. The van der Waals surface area contributed by atoms with Crippen LogP contribution in [0.4, 0.5) is 0 Å². The van der Waals surface area contributed by atoms with Gasteiger partial charge in [-0.1, -0.05) is 24.3 Å². The SMILES string of the molecule is O=S1(=O)CC(Sc2ccc(OCc3cccnc3)cc2)c2ccccc21. The highest BCUT2D eigenvalue weighted by atomic mass is 32.2. The number of benzene rings is 2. The molecule has 0 saturated carbocycles. The molecule has 0 aliphatic carbocycles. The van der Waals surface area contributed by atoms with E-state index in [9.17, 15) is 8.42 Å². The third-order valence-corrected chi connectivity index (χ3v) is 7.48. The summed E-state index contributed by atoms with van der Waals surface area (Å²) in [6.45, 7) is 0.467. The van der Waals surface area contributed by atoms with E-state index < -0.39 is 9.84 Å². The zero-order valence-electron chi connectivity index (χ0n) is 13.9. The fourth-order valence-electron chi connectivity index (χ4n) is 2.93. The topological polar surface area (TPSA) is 56.3 Å². The second-order valence-electron chi connectivity index (χ2n) is 6.05. The fourth-order valence-corrected chi connectivity index (χ4v) is 6.39. The van der Waals surface area contributed by atoms with E-state index in [1.54, 1.807) is 36.3 Å². The molecule has 0 fully saturated rings. The van der Waals surface area contributed by atoms with Crippen LogP contribution >= 0.6 is 11.8 Å². The second-order valence-corrected chi connectivity index (χ2v) is 9.33. The summed E-state index contributed by atoms with van der Waals surface area (Å²) in [7, 11) is -3.17. The van der Waals surface area contributed by atoms with Crippen molar-refractivity contribution >= 4 is 21.6 Å². The molecule has 0 amide bonds. The van der Waals surface area contributed by atoms with Crippen molar-refractivity contribution in [2.75, 3.05) is 5.75 Å².